The maximum absolute atomic E-state index is 11.6. The van der Waals surface area contributed by atoms with Crippen molar-refractivity contribution in [2.75, 3.05) is 6.54 Å². The normalized spacial score (nSPS) is 12.5. The number of carbonyl (C=O) groups excluding carboxylic acids is 1. The highest BCUT2D eigenvalue weighted by atomic mass is 16.3. The first-order valence-corrected chi connectivity index (χ1v) is 6.71. The van der Waals surface area contributed by atoms with Crippen LogP contribution in [0, 0.1) is 5.92 Å². The van der Waals surface area contributed by atoms with E-state index < -0.39 is 0 Å². The van der Waals surface area contributed by atoms with Crippen LogP contribution in [0.4, 0.5) is 0 Å². The third kappa shape index (κ3) is 5.85. The van der Waals surface area contributed by atoms with Crippen LogP contribution in [0.5, 0.6) is 0 Å². The van der Waals surface area contributed by atoms with Gasteiger partial charge >= 0.3 is 0 Å². The fraction of sp³-hybridized carbons (Fsp3) is 0.533. The molecule has 0 heterocycles. The molecule has 0 saturated carbocycles. The molecule has 3 N–H and O–H groups in total. The molecule has 0 radical (unpaired) electrons. The third-order valence-corrected chi connectivity index (χ3v) is 3.21. The zero-order chi connectivity index (χ0) is 14.3. The molecule has 4 heteroatoms. The van der Waals surface area contributed by atoms with Gasteiger partial charge in [-0.05, 0) is 24.0 Å². The third-order valence-electron chi connectivity index (χ3n) is 3.21. The lowest BCUT2D eigenvalue weighted by Gasteiger charge is -2.17. The lowest BCUT2D eigenvalue weighted by Crippen LogP contribution is -2.41. The number of benzene rings is 1. The van der Waals surface area contributed by atoms with Crippen LogP contribution in [0.3, 0.4) is 0 Å². The van der Waals surface area contributed by atoms with Crippen LogP contribution >= 0.6 is 0 Å². The van der Waals surface area contributed by atoms with Crippen LogP contribution in [-0.4, -0.2) is 23.6 Å². The van der Waals surface area contributed by atoms with E-state index in [0.29, 0.717) is 19.0 Å². The van der Waals surface area contributed by atoms with E-state index in [2.05, 4.69) is 24.5 Å². The Labute approximate surface area is 115 Å². The molecule has 1 aromatic rings. The van der Waals surface area contributed by atoms with Gasteiger partial charge in [0, 0.05) is 12.6 Å². The first-order chi connectivity index (χ1) is 9.02. The first kappa shape index (κ1) is 15.7. The Morgan fingerprint density at radius 3 is 2.26 bits per heavy atom. The molecule has 19 heavy (non-hydrogen) atoms. The van der Waals surface area contributed by atoms with E-state index in [-0.39, 0.29) is 18.6 Å². The Bertz CT molecular complexity index is 388. The zero-order valence-electron chi connectivity index (χ0n) is 11.9. The summed E-state index contributed by atoms with van der Waals surface area (Å²) in [6.07, 6.45) is 0. The quantitative estimate of drug-likeness (QED) is 0.698. The summed E-state index contributed by atoms with van der Waals surface area (Å²) >= 11 is 0. The Hall–Kier alpha value is -1.39. The first-order valence-electron chi connectivity index (χ1n) is 6.71. The lowest BCUT2D eigenvalue weighted by molar-refractivity contribution is -0.121. The molecule has 0 saturated heterocycles. The molecule has 1 amide bonds. The summed E-state index contributed by atoms with van der Waals surface area (Å²) < 4.78 is 0. The van der Waals surface area contributed by atoms with Crippen LogP contribution in [0.1, 0.15) is 31.9 Å². The summed E-state index contributed by atoms with van der Waals surface area (Å²) in [7, 11) is 0. The molecule has 0 spiro atoms. The highest BCUT2D eigenvalue weighted by Crippen LogP contribution is 2.04. The van der Waals surface area contributed by atoms with Crippen molar-refractivity contribution in [2.45, 2.75) is 40.0 Å². The predicted molar refractivity (Wildman–Crippen MR) is 76.5 cm³/mol. The highest BCUT2D eigenvalue weighted by molar-refractivity contribution is 5.78. The average Bonchev–Trinajstić information content (AvgIpc) is 2.39. The smallest absolute Gasteiger partial charge is 0.234 e. The largest absolute Gasteiger partial charge is 0.392 e. The van der Waals surface area contributed by atoms with Gasteiger partial charge in [0.15, 0.2) is 0 Å². The van der Waals surface area contributed by atoms with Crippen LogP contribution in [-0.2, 0) is 17.9 Å². The Kier molecular flexibility index (Phi) is 6.53. The SMILES string of the molecule is CC(C)C(C)NC(=O)CNCc1ccc(CO)cc1. The molecule has 1 atom stereocenters. The second kappa shape index (κ2) is 7.92. The van der Waals surface area contributed by atoms with Crippen molar-refractivity contribution in [1.29, 1.82) is 0 Å². The fourth-order valence-electron chi connectivity index (χ4n) is 1.55. The number of nitrogens with one attached hydrogen (secondary N) is 2. The monoisotopic (exact) mass is 264 g/mol. The molecule has 4 nitrogen and oxygen atoms in total. The fourth-order valence-corrected chi connectivity index (χ4v) is 1.55. The van der Waals surface area contributed by atoms with Gasteiger partial charge in [0.05, 0.1) is 13.2 Å². The van der Waals surface area contributed by atoms with Crippen molar-refractivity contribution in [1.82, 2.24) is 10.6 Å². The maximum Gasteiger partial charge on any atom is 0.234 e. The minimum atomic E-state index is 0.0215. The zero-order valence-corrected chi connectivity index (χ0v) is 11.9. The van der Waals surface area contributed by atoms with E-state index in [4.69, 9.17) is 5.11 Å². The van der Waals surface area contributed by atoms with Gasteiger partial charge in [0.2, 0.25) is 5.91 Å². The van der Waals surface area contributed by atoms with Gasteiger partial charge in [0.1, 0.15) is 0 Å². The number of hydrogen-bond acceptors (Lipinski definition) is 3. The minimum Gasteiger partial charge on any atom is -0.392 e. The molecule has 0 aliphatic carbocycles. The topological polar surface area (TPSA) is 61.4 Å². The van der Waals surface area contributed by atoms with Gasteiger partial charge in [-0.15, -0.1) is 0 Å². The van der Waals surface area contributed by atoms with Crippen LogP contribution < -0.4 is 10.6 Å². The summed E-state index contributed by atoms with van der Waals surface area (Å²) in [6, 6.07) is 7.87. The summed E-state index contributed by atoms with van der Waals surface area (Å²) in [5, 5.41) is 15.0. The van der Waals surface area contributed by atoms with Crippen molar-refractivity contribution >= 4 is 5.91 Å². The van der Waals surface area contributed by atoms with Crippen molar-refractivity contribution in [3.05, 3.63) is 35.4 Å². The van der Waals surface area contributed by atoms with Crippen molar-refractivity contribution in [3.63, 3.8) is 0 Å². The number of carbonyl (C=O) groups is 1. The molecular weight excluding hydrogens is 240 g/mol. The molecule has 1 unspecified atom stereocenters. The van der Waals surface area contributed by atoms with E-state index in [1.807, 2.05) is 31.2 Å². The summed E-state index contributed by atoms with van der Waals surface area (Å²) in [6.45, 7) is 7.20. The molecule has 1 rings (SSSR count). The summed E-state index contributed by atoms with van der Waals surface area (Å²) in [5.41, 5.74) is 1.99. The number of amides is 1. The number of hydrogen-bond donors (Lipinski definition) is 3. The molecular formula is C15H24N2O2. The molecule has 0 aliphatic heterocycles. The Morgan fingerprint density at radius 2 is 1.74 bits per heavy atom. The Morgan fingerprint density at radius 1 is 1.16 bits per heavy atom. The van der Waals surface area contributed by atoms with Gasteiger partial charge in [0.25, 0.3) is 0 Å². The van der Waals surface area contributed by atoms with Crippen molar-refractivity contribution in [2.24, 2.45) is 5.92 Å². The van der Waals surface area contributed by atoms with E-state index in [9.17, 15) is 4.79 Å². The number of rotatable bonds is 7. The van der Waals surface area contributed by atoms with Crippen molar-refractivity contribution in [3.8, 4) is 0 Å². The summed E-state index contributed by atoms with van der Waals surface area (Å²) in [4.78, 5) is 11.6. The predicted octanol–water partition coefficient (Wildman–Crippen LogP) is 1.43. The van der Waals surface area contributed by atoms with E-state index in [0.717, 1.165) is 11.1 Å². The standard InChI is InChI=1S/C15H24N2O2/c1-11(2)12(3)17-15(19)9-16-8-13-4-6-14(10-18)7-5-13/h4-7,11-12,16,18H,8-10H2,1-3H3,(H,17,19). The van der Waals surface area contributed by atoms with Gasteiger partial charge in [-0.2, -0.15) is 0 Å². The van der Waals surface area contributed by atoms with E-state index >= 15 is 0 Å². The maximum atomic E-state index is 11.6. The number of aliphatic hydroxyl groups is 1. The lowest BCUT2D eigenvalue weighted by atomic mass is 10.1. The van der Waals surface area contributed by atoms with Crippen LogP contribution in [0.15, 0.2) is 24.3 Å². The molecule has 0 aliphatic rings. The van der Waals surface area contributed by atoms with Gasteiger partial charge in [-0.1, -0.05) is 38.1 Å². The average molecular weight is 264 g/mol. The molecule has 106 valence electrons. The summed E-state index contributed by atoms with van der Waals surface area (Å²) in [5.74, 6) is 0.461. The van der Waals surface area contributed by atoms with Crippen LogP contribution in [0.2, 0.25) is 0 Å². The number of aliphatic hydroxyl groups excluding tert-OH is 1. The molecule has 0 fully saturated rings. The molecule has 0 aromatic heterocycles. The van der Waals surface area contributed by atoms with Crippen LogP contribution in [0.25, 0.3) is 0 Å². The molecule has 0 bridgehead atoms. The van der Waals surface area contributed by atoms with E-state index in [1.165, 1.54) is 0 Å². The van der Waals surface area contributed by atoms with Crippen molar-refractivity contribution < 1.29 is 9.90 Å². The van der Waals surface area contributed by atoms with Gasteiger partial charge in [-0.25, -0.2) is 0 Å². The molecule has 1 aromatic carbocycles. The van der Waals surface area contributed by atoms with E-state index in [1.54, 1.807) is 0 Å². The second-order valence-corrected chi connectivity index (χ2v) is 5.18. The highest BCUT2D eigenvalue weighted by Gasteiger charge is 2.09. The second-order valence-electron chi connectivity index (χ2n) is 5.18. The Balaban J connectivity index is 2.27. The van der Waals surface area contributed by atoms with Gasteiger partial charge < -0.3 is 15.7 Å². The minimum absolute atomic E-state index is 0.0215. The van der Waals surface area contributed by atoms with Gasteiger partial charge in [-0.3, -0.25) is 4.79 Å².